The van der Waals surface area contributed by atoms with Crippen molar-refractivity contribution in [2.24, 2.45) is 0 Å². The fraction of sp³-hybridized carbons (Fsp3) is 0.750. The van der Waals surface area contributed by atoms with Crippen LogP contribution < -0.4 is 5.73 Å². The molecule has 1 atom stereocenters. The Kier molecular flexibility index (Phi) is 4.54. The number of hydrogen-bond acceptors (Lipinski definition) is 4. The monoisotopic (exact) mass is 240 g/mol. The Morgan fingerprint density at radius 1 is 1.41 bits per heavy atom. The van der Waals surface area contributed by atoms with Gasteiger partial charge in [-0.25, -0.2) is 0 Å². The number of aliphatic hydroxyl groups is 1. The van der Waals surface area contributed by atoms with Crippen molar-refractivity contribution in [3.05, 3.63) is 11.4 Å². The van der Waals surface area contributed by atoms with Crippen molar-refractivity contribution in [3.63, 3.8) is 0 Å². The summed E-state index contributed by atoms with van der Waals surface area (Å²) in [6.45, 7) is 9.14. The highest BCUT2D eigenvalue weighted by Gasteiger charge is 2.14. The molecule has 1 rings (SSSR count). The number of hydrogen-bond donors (Lipinski definition) is 2. The molecular weight excluding hydrogens is 216 g/mol. The van der Waals surface area contributed by atoms with E-state index in [1.165, 1.54) is 0 Å². The van der Waals surface area contributed by atoms with Crippen LogP contribution in [-0.4, -0.2) is 45.5 Å². The van der Waals surface area contributed by atoms with Gasteiger partial charge in [0.15, 0.2) is 0 Å². The highest BCUT2D eigenvalue weighted by Crippen LogP contribution is 2.15. The summed E-state index contributed by atoms with van der Waals surface area (Å²) in [4.78, 5) is 2.11. The third-order valence-electron chi connectivity index (χ3n) is 3.20. The van der Waals surface area contributed by atoms with Gasteiger partial charge in [0.2, 0.25) is 0 Å². The molecular formula is C12H24N4O. The van der Waals surface area contributed by atoms with Gasteiger partial charge in [-0.15, -0.1) is 0 Å². The first-order valence-corrected chi connectivity index (χ1v) is 6.00. The standard InChI is InChI=1S/C12H24N4O/c1-8(2)15(5)6-11(17)7-16-10(4)12(13)9(3)14-16/h8,11,17H,6-7,13H2,1-5H3. The summed E-state index contributed by atoms with van der Waals surface area (Å²) < 4.78 is 1.78. The summed E-state index contributed by atoms with van der Waals surface area (Å²) in [6.07, 6.45) is -0.431. The van der Waals surface area contributed by atoms with Crippen molar-refractivity contribution in [2.45, 2.75) is 46.4 Å². The lowest BCUT2D eigenvalue weighted by Crippen LogP contribution is -2.36. The average molecular weight is 240 g/mol. The van der Waals surface area contributed by atoms with E-state index in [4.69, 9.17) is 5.73 Å². The number of nitrogen functional groups attached to an aromatic ring is 1. The summed E-state index contributed by atoms with van der Waals surface area (Å²) in [5.41, 5.74) is 8.32. The molecule has 98 valence electrons. The number of nitrogens with two attached hydrogens (primary N) is 1. The van der Waals surface area contributed by atoms with Crippen LogP contribution in [-0.2, 0) is 6.54 Å². The van der Waals surface area contributed by atoms with E-state index in [0.717, 1.165) is 17.1 Å². The van der Waals surface area contributed by atoms with Crippen LogP contribution in [0.25, 0.3) is 0 Å². The molecule has 0 bridgehead atoms. The largest absolute Gasteiger partial charge is 0.396 e. The number of likely N-dealkylation sites (N-methyl/N-ethyl adjacent to an activating group) is 1. The molecule has 0 aliphatic rings. The zero-order valence-corrected chi connectivity index (χ0v) is 11.4. The summed E-state index contributed by atoms with van der Waals surface area (Å²) >= 11 is 0. The average Bonchev–Trinajstić information content (AvgIpc) is 2.46. The molecule has 0 amide bonds. The van der Waals surface area contributed by atoms with Crippen molar-refractivity contribution < 1.29 is 5.11 Å². The van der Waals surface area contributed by atoms with Crippen LogP contribution in [0.1, 0.15) is 25.2 Å². The Morgan fingerprint density at radius 3 is 2.41 bits per heavy atom. The van der Waals surface area contributed by atoms with Crippen LogP contribution >= 0.6 is 0 Å². The molecule has 5 heteroatoms. The Morgan fingerprint density at radius 2 is 2.00 bits per heavy atom. The Hall–Kier alpha value is -1.07. The maximum absolute atomic E-state index is 10.0. The van der Waals surface area contributed by atoms with Gasteiger partial charge in [-0.1, -0.05) is 0 Å². The molecule has 1 heterocycles. The molecule has 1 aromatic rings. The van der Waals surface area contributed by atoms with Gasteiger partial charge in [0.25, 0.3) is 0 Å². The number of aryl methyl sites for hydroxylation is 1. The lowest BCUT2D eigenvalue weighted by atomic mass is 10.2. The van der Waals surface area contributed by atoms with Gasteiger partial charge < -0.3 is 15.7 Å². The zero-order chi connectivity index (χ0) is 13.2. The SMILES string of the molecule is Cc1nn(CC(O)CN(C)C(C)C)c(C)c1N. The highest BCUT2D eigenvalue weighted by atomic mass is 16.3. The van der Waals surface area contributed by atoms with E-state index >= 15 is 0 Å². The second kappa shape index (κ2) is 5.51. The van der Waals surface area contributed by atoms with Crippen molar-refractivity contribution in [2.75, 3.05) is 19.3 Å². The molecule has 0 aliphatic heterocycles. The summed E-state index contributed by atoms with van der Waals surface area (Å²) in [7, 11) is 2.00. The second-order valence-electron chi connectivity index (χ2n) is 4.95. The summed E-state index contributed by atoms with van der Waals surface area (Å²) in [5.74, 6) is 0. The predicted octanol–water partition coefficient (Wildman–Crippen LogP) is 0.783. The van der Waals surface area contributed by atoms with Gasteiger partial charge in [0, 0.05) is 12.6 Å². The van der Waals surface area contributed by atoms with E-state index in [2.05, 4.69) is 23.8 Å². The molecule has 0 saturated heterocycles. The Labute approximate surface area is 103 Å². The summed E-state index contributed by atoms with van der Waals surface area (Å²) in [6, 6.07) is 0.426. The lowest BCUT2D eigenvalue weighted by molar-refractivity contribution is 0.0937. The topological polar surface area (TPSA) is 67.3 Å². The van der Waals surface area contributed by atoms with Crippen LogP contribution in [0, 0.1) is 13.8 Å². The first kappa shape index (κ1) is 14.0. The molecule has 1 unspecified atom stereocenters. The number of rotatable bonds is 5. The quantitative estimate of drug-likeness (QED) is 0.798. The maximum atomic E-state index is 10.0. The van der Waals surface area contributed by atoms with Crippen LogP contribution in [0.2, 0.25) is 0 Å². The number of nitrogens with zero attached hydrogens (tertiary/aromatic N) is 3. The molecule has 5 nitrogen and oxygen atoms in total. The first-order valence-electron chi connectivity index (χ1n) is 6.00. The van der Waals surface area contributed by atoms with Crippen LogP contribution in [0.3, 0.4) is 0 Å². The van der Waals surface area contributed by atoms with Gasteiger partial charge in [0.05, 0.1) is 29.7 Å². The van der Waals surface area contributed by atoms with Gasteiger partial charge in [-0.3, -0.25) is 4.68 Å². The predicted molar refractivity (Wildman–Crippen MR) is 69.9 cm³/mol. The normalized spacial score (nSPS) is 13.6. The molecule has 0 saturated carbocycles. The van der Waals surface area contributed by atoms with Gasteiger partial charge >= 0.3 is 0 Å². The van der Waals surface area contributed by atoms with Crippen LogP contribution in [0.15, 0.2) is 0 Å². The minimum Gasteiger partial charge on any atom is -0.396 e. The molecule has 3 N–H and O–H groups in total. The fourth-order valence-corrected chi connectivity index (χ4v) is 1.69. The first-order chi connectivity index (χ1) is 7.82. The van der Waals surface area contributed by atoms with E-state index in [-0.39, 0.29) is 0 Å². The third kappa shape index (κ3) is 3.44. The van der Waals surface area contributed by atoms with E-state index < -0.39 is 6.10 Å². The number of aromatic nitrogens is 2. The van der Waals surface area contributed by atoms with Crippen LogP contribution in [0.4, 0.5) is 5.69 Å². The minimum absolute atomic E-state index is 0.426. The molecule has 1 aromatic heterocycles. The molecule has 17 heavy (non-hydrogen) atoms. The van der Waals surface area contributed by atoms with Gasteiger partial charge in [-0.05, 0) is 34.7 Å². The number of aliphatic hydroxyl groups excluding tert-OH is 1. The van der Waals surface area contributed by atoms with Gasteiger partial charge in [0.1, 0.15) is 0 Å². The highest BCUT2D eigenvalue weighted by molar-refractivity contribution is 5.46. The molecule has 0 spiro atoms. The van der Waals surface area contributed by atoms with Crippen molar-refractivity contribution in [3.8, 4) is 0 Å². The summed E-state index contributed by atoms with van der Waals surface area (Å²) in [5, 5.41) is 14.3. The van der Waals surface area contributed by atoms with E-state index in [1.54, 1.807) is 4.68 Å². The Bertz CT molecular complexity index is 373. The molecule has 0 radical (unpaired) electrons. The van der Waals surface area contributed by atoms with Crippen molar-refractivity contribution in [1.29, 1.82) is 0 Å². The fourth-order valence-electron chi connectivity index (χ4n) is 1.69. The smallest absolute Gasteiger partial charge is 0.0862 e. The molecule has 0 aromatic carbocycles. The molecule has 0 fully saturated rings. The van der Waals surface area contributed by atoms with Gasteiger partial charge in [-0.2, -0.15) is 5.10 Å². The minimum atomic E-state index is -0.431. The lowest BCUT2D eigenvalue weighted by Gasteiger charge is -2.24. The van der Waals surface area contributed by atoms with Crippen LogP contribution in [0.5, 0.6) is 0 Å². The van der Waals surface area contributed by atoms with E-state index in [0.29, 0.717) is 19.1 Å². The Balaban J connectivity index is 2.62. The van der Waals surface area contributed by atoms with E-state index in [9.17, 15) is 5.11 Å². The maximum Gasteiger partial charge on any atom is 0.0862 e. The van der Waals surface area contributed by atoms with Crippen molar-refractivity contribution >= 4 is 5.69 Å². The van der Waals surface area contributed by atoms with Crippen molar-refractivity contribution in [1.82, 2.24) is 14.7 Å². The molecule has 0 aliphatic carbocycles. The zero-order valence-electron chi connectivity index (χ0n) is 11.4. The second-order valence-corrected chi connectivity index (χ2v) is 4.95. The number of anilines is 1. The third-order valence-corrected chi connectivity index (χ3v) is 3.20. The van der Waals surface area contributed by atoms with E-state index in [1.807, 2.05) is 20.9 Å².